The monoisotopic (exact) mass is 334 g/mol. The minimum absolute atomic E-state index is 0.0182. The summed E-state index contributed by atoms with van der Waals surface area (Å²) < 4.78 is 7.47. The molecule has 1 amide bonds. The molecule has 1 fully saturated rings. The molecule has 25 heavy (non-hydrogen) atoms. The smallest absolute Gasteiger partial charge is 0.256 e. The van der Waals surface area contributed by atoms with Gasteiger partial charge in [-0.05, 0) is 17.7 Å². The summed E-state index contributed by atoms with van der Waals surface area (Å²) in [6.07, 6.45) is 3.23. The molecule has 2 heterocycles. The van der Waals surface area contributed by atoms with E-state index in [0.29, 0.717) is 25.3 Å². The highest BCUT2D eigenvalue weighted by Crippen LogP contribution is 2.24. The molecule has 0 spiro atoms. The van der Waals surface area contributed by atoms with Crippen molar-refractivity contribution in [3.63, 3.8) is 0 Å². The largest absolute Gasteiger partial charge is 0.370 e. The molecule has 0 aliphatic carbocycles. The van der Waals surface area contributed by atoms with Crippen LogP contribution in [0.25, 0.3) is 5.69 Å². The molecule has 0 bridgehead atoms. The lowest BCUT2D eigenvalue weighted by molar-refractivity contribution is -0.0228. The normalized spacial score (nSPS) is 17.4. The van der Waals surface area contributed by atoms with E-state index in [9.17, 15) is 4.79 Å². The van der Waals surface area contributed by atoms with Crippen LogP contribution in [-0.2, 0) is 4.74 Å². The fourth-order valence-electron chi connectivity index (χ4n) is 3.06. The highest BCUT2D eigenvalue weighted by atomic mass is 16.5. The zero-order chi connectivity index (χ0) is 17.1. The van der Waals surface area contributed by atoms with Gasteiger partial charge in [-0.2, -0.15) is 0 Å². The van der Waals surface area contributed by atoms with Crippen LogP contribution in [0.2, 0.25) is 0 Å². The van der Waals surface area contributed by atoms with Gasteiger partial charge in [-0.25, -0.2) is 4.68 Å². The Bertz CT molecular complexity index is 849. The molecule has 126 valence electrons. The number of carbonyl (C=O) groups excluding carboxylic acids is 1. The standard InChI is InChI=1S/C19H18N4O2/c24-19(16-8-4-5-9-17(16)23-11-10-20-21-23)22-12-13-25-18(14-22)15-6-2-1-3-7-15/h1-11,18H,12-14H2/t18-/m0/s1. The van der Waals surface area contributed by atoms with Gasteiger partial charge >= 0.3 is 0 Å². The Morgan fingerprint density at radius 3 is 2.68 bits per heavy atom. The van der Waals surface area contributed by atoms with Crippen molar-refractivity contribution >= 4 is 5.91 Å². The van der Waals surface area contributed by atoms with Crippen LogP contribution < -0.4 is 0 Å². The number of amides is 1. The van der Waals surface area contributed by atoms with Gasteiger partial charge in [0, 0.05) is 6.54 Å². The fourth-order valence-corrected chi connectivity index (χ4v) is 3.06. The molecule has 1 atom stereocenters. The summed E-state index contributed by atoms with van der Waals surface area (Å²) in [6.45, 7) is 1.64. The van der Waals surface area contributed by atoms with Gasteiger partial charge in [0.15, 0.2) is 0 Å². The number of morpholine rings is 1. The third kappa shape index (κ3) is 3.16. The Morgan fingerprint density at radius 2 is 1.88 bits per heavy atom. The average molecular weight is 334 g/mol. The first kappa shape index (κ1) is 15.5. The molecule has 3 aromatic rings. The second-order valence-electron chi connectivity index (χ2n) is 5.89. The van der Waals surface area contributed by atoms with E-state index >= 15 is 0 Å². The SMILES string of the molecule is O=C(c1ccccc1-n1ccnn1)N1CCO[C@H](c2ccccc2)C1. The summed E-state index contributed by atoms with van der Waals surface area (Å²) in [5.41, 5.74) is 2.43. The van der Waals surface area contributed by atoms with Gasteiger partial charge in [0.25, 0.3) is 5.91 Å². The third-order valence-corrected chi connectivity index (χ3v) is 4.33. The first-order valence-electron chi connectivity index (χ1n) is 8.24. The molecular weight excluding hydrogens is 316 g/mol. The first-order chi connectivity index (χ1) is 12.3. The zero-order valence-corrected chi connectivity index (χ0v) is 13.7. The van der Waals surface area contributed by atoms with E-state index in [-0.39, 0.29) is 12.0 Å². The molecule has 1 saturated heterocycles. The Kier molecular flexibility index (Phi) is 4.26. The summed E-state index contributed by atoms with van der Waals surface area (Å²) in [7, 11) is 0. The Balaban J connectivity index is 1.59. The lowest BCUT2D eigenvalue weighted by atomic mass is 10.1. The molecule has 0 N–H and O–H groups in total. The van der Waals surface area contributed by atoms with Crippen LogP contribution in [0.3, 0.4) is 0 Å². The average Bonchev–Trinajstić information content (AvgIpc) is 3.23. The lowest BCUT2D eigenvalue weighted by Gasteiger charge is -2.33. The summed E-state index contributed by atoms with van der Waals surface area (Å²) in [5.74, 6) is -0.0182. The molecule has 6 heteroatoms. The Morgan fingerprint density at radius 1 is 1.08 bits per heavy atom. The summed E-state index contributed by atoms with van der Waals surface area (Å²) in [4.78, 5) is 14.9. The van der Waals surface area contributed by atoms with Crippen molar-refractivity contribution in [1.82, 2.24) is 19.9 Å². The number of rotatable bonds is 3. The molecule has 0 radical (unpaired) electrons. The highest BCUT2D eigenvalue weighted by Gasteiger charge is 2.27. The quantitative estimate of drug-likeness (QED) is 0.738. The Hall–Kier alpha value is -2.99. The molecule has 0 unspecified atom stereocenters. The number of nitrogens with zero attached hydrogens (tertiary/aromatic N) is 4. The van der Waals surface area contributed by atoms with E-state index in [2.05, 4.69) is 10.3 Å². The maximum Gasteiger partial charge on any atom is 0.256 e. The second kappa shape index (κ2) is 6.86. The van der Waals surface area contributed by atoms with Gasteiger partial charge in [0.1, 0.15) is 6.10 Å². The number of benzene rings is 2. The molecule has 1 aliphatic heterocycles. The predicted octanol–water partition coefficient (Wildman–Crippen LogP) is 2.48. The Labute approximate surface area is 145 Å². The van der Waals surface area contributed by atoms with Gasteiger partial charge in [0.05, 0.1) is 36.8 Å². The van der Waals surface area contributed by atoms with Crippen molar-refractivity contribution in [2.24, 2.45) is 0 Å². The first-order valence-corrected chi connectivity index (χ1v) is 8.24. The van der Waals surface area contributed by atoms with Crippen molar-refractivity contribution in [3.8, 4) is 5.69 Å². The summed E-state index contributed by atoms with van der Waals surface area (Å²) in [5, 5.41) is 7.84. The summed E-state index contributed by atoms with van der Waals surface area (Å²) >= 11 is 0. The third-order valence-electron chi connectivity index (χ3n) is 4.33. The van der Waals surface area contributed by atoms with Crippen molar-refractivity contribution in [3.05, 3.63) is 78.1 Å². The van der Waals surface area contributed by atoms with Gasteiger partial charge in [-0.15, -0.1) is 5.10 Å². The highest BCUT2D eigenvalue weighted by molar-refractivity contribution is 5.97. The number of hydrogen-bond acceptors (Lipinski definition) is 4. The fraction of sp³-hybridized carbons (Fsp3) is 0.211. The second-order valence-corrected chi connectivity index (χ2v) is 5.89. The number of aromatic nitrogens is 3. The van der Waals surface area contributed by atoms with Gasteiger partial charge in [-0.1, -0.05) is 47.7 Å². The van der Waals surface area contributed by atoms with Gasteiger partial charge < -0.3 is 9.64 Å². The van der Waals surface area contributed by atoms with Crippen molar-refractivity contribution in [2.45, 2.75) is 6.10 Å². The van der Waals surface area contributed by atoms with Crippen LogP contribution in [0.5, 0.6) is 0 Å². The maximum atomic E-state index is 13.1. The topological polar surface area (TPSA) is 60.2 Å². The number of hydrogen-bond donors (Lipinski definition) is 0. The lowest BCUT2D eigenvalue weighted by Crippen LogP contribution is -2.42. The van der Waals surface area contributed by atoms with Crippen LogP contribution in [-0.4, -0.2) is 45.5 Å². The number of ether oxygens (including phenoxy) is 1. The maximum absolute atomic E-state index is 13.1. The molecule has 4 rings (SSSR count). The number of carbonyl (C=O) groups is 1. The molecule has 6 nitrogen and oxygen atoms in total. The summed E-state index contributed by atoms with van der Waals surface area (Å²) in [6, 6.07) is 17.5. The molecule has 0 saturated carbocycles. The molecular formula is C19H18N4O2. The minimum Gasteiger partial charge on any atom is -0.370 e. The van der Waals surface area contributed by atoms with E-state index in [0.717, 1.165) is 11.3 Å². The van der Waals surface area contributed by atoms with Crippen LogP contribution in [0.15, 0.2) is 67.0 Å². The van der Waals surface area contributed by atoms with E-state index in [1.54, 1.807) is 17.1 Å². The van der Waals surface area contributed by atoms with Gasteiger partial charge in [0.2, 0.25) is 0 Å². The van der Waals surface area contributed by atoms with Crippen LogP contribution >= 0.6 is 0 Å². The molecule has 1 aromatic heterocycles. The molecule has 2 aromatic carbocycles. The van der Waals surface area contributed by atoms with Crippen molar-refractivity contribution < 1.29 is 9.53 Å². The predicted molar refractivity (Wildman–Crippen MR) is 92.4 cm³/mol. The van der Waals surface area contributed by atoms with E-state index in [1.807, 2.05) is 59.5 Å². The van der Waals surface area contributed by atoms with Gasteiger partial charge in [-0.3, -0.25) is 4.79 Å². The molecule has 1 aliphatic rings. The number of para-hydroxylation sites is 1. The minimum atomic E-state index is -0.0996. The zero-order valence-electron chi connectivity index (χ0n) is 13.7. The van der Waals surface area contributed by atoms with E-state index in [4.69, 9.17) is 4.74 Å². The van der Waals surface area contributed by atoms with E-state index in [1.165, 1.54) is 0 Å². The van der Waals surface area contributed by atoms with Crippen molar-refractivity contribution in [2.75, 3.05) is 19.7 Å². The van der Waals surface area contributed by atoms with Crippen LogP contribution in [0.1, 0.15) is 22.0 Å². The van der Waals surface area contributed by atoms with Crippen LogP contribution in [0.4, 0.5) is 0 Å². The van der Waals surface area contributed by atoms with Crippen molar-refractivity contribution in [1.29, 1.82) is 0 Å². The van der Waals surface area contributed by atoms with Crippen LogP contribution in [0, 0.1) is 0 Å². The van der Waals surface area contributed by atoms with E-state index < -0.39 is 0 Å².